The number of ether oxygens (including phenoxy) is 3. The number of hydrogen-bond donors (Lipinski definition) is 1. The van der Waals surface area contributed by atoms with E-state index in [0.29, 0.717) is 18.1 Å². The summed E-state index contributed by atoms with van der Waals surface area (Å²) in [6.45, 7) is 2.63. The fourth-order valence-corrected chi connectivity index (χ4v) is 1.30. The van der Waals surface area contributed by atoms with Crippen LogP contribution in [0.25, 0.3) is 0 Å². The number of hydrazone groups is 1. The van der Waals surface area contributed by atoms with E-state index in [1.165, 1.54) is 13.3 Å². The van der Waals surface area contributed by atoms with Crippen LogP contribution in [-0.2, 0) is 4.74 Å². The molecule has 0 aliphatic carbocycles. The highest BCUT2D eigenvalue weighted by Gasteiger charge is 2.04. The van der Waals surface area contributed by atoms with Crippen molar-refractivity contribution in [3.8, 4) is 11.5 Å². The predicted molar refractivity (Wildman–Crippen MR) is 71.9 cm³/mol. The Balaban J connectivity index is 2.76. The Morgan fingerprint density at radius 1 is 1.37 bits per heavy atom. The molecule has 6 nitrogen and oxygen atoms in total. The number of nitrogens with zero attached hydrogens (tertiary/aromatic N) is 1. The summed E-state index contributed by atoms with van der Waals surface area (Å²) in [5, 5.41) is 3.74. The van der Waals surface area contributed by atoms with Crippen molar-refractivity contribution >= 4 is 12.3 Å². The Hall–Kier alpha value is -2.24. The molecule has 0 saturated heterocycles. The second-order valence-electron chi connectivity index (χ2n) is 3.62. The fraction of sp³-hybridized carbons (Fsp3) is 0.385. The summed E-state index contributed by atoms with van der Waals surface area (Å²) in [6, 6.07) is 5.38. The van der Waals surface area contributed by atoms with Gasteiger partial charge in [-0.15, -0.1) is 0 Å². The van der Waals surface area contributed by atoms with Gasteiger partial charge < -0.3 is 14.2 Å². The highest BCUT2D eigenvalue weighted by atomic mass is 16.5. The number of amides is 1. The molecule has 1 N–H and O–H groups in total. The van der Waals surface area contributed by atoms with E-state index in [0.717, 1.165) is 12.0 Å². The molecule has 6 heteroatoms. The van der Waals surface area contributed by atoms with Crippen LogP contribution in [-0.4, -0.2) is 33.1 Å². The highest BCUT2D eigenvalue weighted by molar-refractivity contribution is 5.82. The summed E-state index contributed by atoms with van der Waals surface area (Å²) >= 11 is 0. The quantitative estimate of drug-likeness (QED) is 0.633. The lowest BCUT2D eigenvalue weighted by Crippen LogP contribution is -2.16. The number of rotatable bonds is 6. The van der Waals surface area contributed by atoms with Gasteiger partial charge in [-0.1, -0.05) is 6.92 Å². The minimum atomic E-state index is -0.618. The summed E-state index contributed by atoms with van der Waals surface area (Å²) in [5.41, 5.74) is 2.99. The van der Waals surface area contributed by atoms with Crippen molar-refractivity contribution < 1.29 is 19.0 Å². The van der Waals surface area contributed by atoms with E-state index in [4.69, 9.17) is 9.47 Å². The van der Waals surface area contributed by atoms with Crippen LogP contribution in [0.15, 0.2) is 23.3 Å². The molecular weight excluding hydrogens is 248 g/mol. The van der Waals surface area contributed by atoms with Crippen LogP contribution < -0.4 is 14.9 Å². The highest BCUT2D eigenvalue weighted by Crippen LogP contribution is 2.27. The van der Waals surface area contributed by atoms with Crippen molar-refractivity contribution in [1.29, 1.82) is 0 Å². The molecule has 0 saturated carbocycles. The van der Waals surface area contributed by atoms with Crippen molar-refractivity contribution in [3.63, 3.8) is 0 Å². The van der Waals surface area contributed by atoms with Gasteiger partial charge in [0.25, 0.3) is 0 Å². The zero-order valence-electron chi connectivity index (χ0n) is 11.3. The van der Waals surface area contributed by atoms with Gasteiger partial charge in [0.05, 0.1) is 27.0 Å². The Morgan fingerprint density at radius 2 is 2.16 bits per heavy atom. The topological polar surface area (TPSA) is 69.2 Å². The minimum absolute atomic E-state index is 0.608. The molecule has 1 aromatic rings. The molecule has 104 valence electrons. The zero-order valence-corrected chi connectivity index (χ0v) is 11.3. The van der Waals surface area contributed by atoms with Gasteiger partial charge in [-0.3, -0.25) is 0 Å². The summed E-state index contributed by atoms with van der Waals surface area (Å²) < 4.78 is 15.2. The first-order valence-corrected chi connectivity index (χ1v) is 5.89. The molecule has 0 radical (unpaired) electrons. The van der Waals surface area contributed by atoms with E-state index in [1.807, 2.05) is 6.92 Å². The monoisotopic (exact) mass is 266 g/mol. The third-order valence-electron chi connectivity index (χ3n) is 2.20. The molecule has 0 atom stereocenters. The van der Waals surface area contributed by atoms with Gasteiger partial charge in [-0.05, 0) is 30.2 Å². The normalized spacial score (nSPS) is 10.3. The number of methoxy groups -OCH3 is 2. The van der Waals surface area contributed by atoms with E-state index in [2.05, 4.69) is 15.3 Å². The van der Waals surface area contributed by atoms with Crippen molar-refractivity contribution in [2.75, 3.05) is 20.8 Å². The van der Waals surface area contributed by atoms with Crippen molar-refractivity contribution in [2.45, 2.75) is 13.3 Å². The van der Waals surface area contributed by atoms with E-state index in [1.54, 1.807) is 25.3 Å². The molecular formula is C13H18N2O4. The number of hydrogen-bond acceptors (Lipinski definition) is 5. The molecule has 1 rings (SSSR count). The largest absolute Gasteiger partial charge is 0.493 e. The molecule has 0 heterocycles. The van der Waals surface area contributed by atoms with Gasteiger partial charge in [-0.2, -0.15) is 5.10 Å². The van der Waals surface area contributed by atoms with Gasteiger partial charge in [0.2, 0.25) is 0 Å². The van der Waals surface area contributed by atoms with E-state index in [-0.39, 0.29) is 0 Å². The maximum atomic E-state index is 10.8. The summed E-state index contributed by atoms with van der Waals surface area (Å²) in [6.07, 6.45) is 1.78. The predicted octanol–water partition coefficient (Wildman–Crippen LogP) is 2.17. The van der Waals surface area contributed by atoms with Crippen LogP contribution in [0.1, 0.15) is 18.9 Å². The molecule has 1 amide bonds. The first kappa shape index (κ1) is 14.8. The van der Waals surface area contributed by atoms with Crippen LogP contribution in [0.4, 0.5) is 4.79 Å². The fourth-order valence-electron chi connectivity index (χ4n) is 1.30. The summed E-state index contributed by atoms with van der Waals surface area (Å²) in [5.74, 6) is 1.30. The lowest BCUT2D eigenvalue weighted by Gasteiger charge is -2.10. The molecule has 0 aromatic heterocycles. The maximum Gasteiger partial charge on any atom is 0.427 e. The van der Waals surface area contributed by atoms with Gasteiger partial charge in [0, 0.05) is 0 Å². The second-order valence-corrected chi connectivity index (χ2v) is 3.62. The van der Waals surface area contributed by atoms with E-state index >= 15 is 0 Å². The third-order valence-corrected chi connectivity index (χ3v) is 2.20. The van der Waals surface area contributed by atoms with Gasteiger partial charge in [0.15, 0.2) is 11.5 Å². The molecule has 0 aliphatic rings. The smallest absolute Gasteiger partial charge is 0.427 e. The number of benzene rings is 1. The van der Waals surface area contributed by atoms with Gasteiger partial charge in [-0.25, -0.2) is 10.2 Å². The summed E-state index contributed by atoms with van der Waals surface area (Å²) in [7, 11) is 2.86. The Kier molecular flexibility index (Phi) is 6.21. The lowest BCUT2D eigenvalue weighted by atomic mass is 10.2. The Labute approximate surface area is 112 Å². The van der Waals surface area contributed by atoms with Crippen molar-refractivity contribution in [2.24, 2.45) is 5.10 Å². The third kappa shape index (κ3) is 4.87. The van der Waals surface area contributed by atoms with Crippen LogP contribution in [0.5, 0.6) is 11.5 Å². The number of carbonyl (C=O) groups is 1. The van der Waals surface area contributed by atoms with Crippen molar-refractivity contribution in [1.82, 2.24) is 5.43 Å². The van der Waals surface area contributed by atoms with Crippen LogP contribution >= 0.6 is 0 Å². The lowest BCUT2D eigenvalue weighted by molar-refractivity contribution is 0.171. The SMILES string of the molecule is CCCOc1cc(/C=N\NC(=O)OC)ccc1OC. The van der Waals surface area contributed by atoms with Crippen molar-refractivity contribution in [3.05, 3.63) is 23.8 Å². The van der Waals surface area contributed by atoms with E-state index in [9.17, 15) is 4.79 Å². The molecule has 1 aromatic carbocycles. The Morgan fingerprint density at radius 3 is 2.79 bits per heavy atom. The average molecular weight is 266 g/mol. The van der Waals surface area contributed by atoms with Crippen LogP contribution in [0.3, 0.4) is 0 Å². The minimum Gasteiger partial charge on any atom is -0.493 e. The molecule has 0 aliphatic heterocycles. The second kappa shape index (κ2) is 7.97. The first-order chi connectivity index (χ1) is 9.21. The average Bonchev–Trinajstić information content (AvgIpc) is 2.45. The standard InChI is InChI=1S/C13H18N2O4/c1-4-7-19-12-8-10(5-6-11(12)17-2)9-14-15-13(16)18-3/h5-6,8-9H,4,7H2,1-3H3,(H,15,16)/b14-9-. The van der Waals surface area contributed by atoms with Crippen LogP contribution in [0, 0.1) is 0 Å². The molecule has 0 bridgehead atoms. The molecule has 0 spiro atoms. The number of nitrogens with one attached hydrogen (secondary N) is 1. The molecule has 0 unspecified atom stereocenters. The number of carbonyl (C=O) groups excluding carboxylic acids is 1. The summed E-state index contributed by atoms with van der Waals surface area (Å²) in [4.78, 5) is 10.8. The molecule has 19 heavy (non-hydrogen) atoms. The van der Waals surface area contributed by atoms with E-state index < -0.39 is 6.09 Å². The van der Waals surface area contributed by atoms with Gasteiger partial charge >= 0.3 is 6.09 Å². The zero-order chi connectivity index (χ0) is 14.1. The Bertz CT molecular complexity index is 446. The van der Waals surface area contributed by atoms with Gasteiger partial charge in [0.1, 0.15) is 0 Å². The maximum absolute atomic E-state index is 10.8. The van der Waals surface area contributed by atoms with Crippen LogP contribution in [0.2, 0.25) is 0 Å². The molecule has 0 fully saturated rings. The first-order valence-electron chi connectivity index (χ1n) is 5.89.